The lowest BCUT2D eigenvalue weighted by Crippen LogP contribution is -2.47. The molecule has 4 heteroatoms. The Morgan fingerprint density at radius 3 is 2.39 bits per heavy atom. The van der Waals surface area contributed by atoms with Gasteiger partial charge in [-0.25, -0.2) is 0 Å². The lowest BCUT2D eigenvalue weighted by Gasteiger charge is -2.34. The first-order chi connectivity index (χ1) is 11.1. The topological polar surface area (TPSA) is 35.6 Å². The normalized spacial score (nSPS) is 25.6. The first-order valence-electron chi connectivity index (χ1n) is 8.95. The van der Waals surface area contributed by atoms with Crippen LogP contribution in [-0.4, -0.2) is 47.9 Å². The Morgan fingerprint density at radius 2 is 1.83 bits per heavy atom. The number of carbonyl (C=O) groups excluding carboxylic acids is 1. The summed E-state index contributed by atoms with van der Waals surface area (Å²) in [4.78, 5) is 15.7. The lowest BCUT2D eigenvalue weighted by molar-refractivity contribution is -0.130. The quantitative estimate of drug-likeness (QED) is 0.928. The molecule has 1 amide bonds. The number of hydrogen-bond donors (Lipinski definition) is 1. The zero-order valence-electron chi connectivity index (χ0n) is 14.4. The van der Waals surface area contributed by atoms with Crippen molar-refractivity contribution in [3.05, 3.63) is 29.8 Å². The Labute approximate surface area is 139 Å². The van der Waals surface area contributed by atoms with Crippen molar-refractivity contribution in [3.8, 4) is 0 Å². The first-order valence-corrected chi connectivity index (χ1v) is 8.95. The lowest BCUT2D eigenvalue weighted by atomic mass is 10.1. The smallest absolute Gasteiger partial charge is 0.219 e. The second-order valence-corrected chi connectivity index (χ2v) is 7.14. The van der Waals surface area contributed by atoms with Crippen molar-refractivity contribution in [2.45, 2.75) is 45.7 Å². The van der Waals surface area contributed by atoms with E-state index in [1.807, 2.05) is 4.90 Å². The predicted octanol–water partition coefficient (Wildman–Crippen LogP) is 2.95. The molecule has 1 aromatic carbocycles. The van der Waals surface area contributed by atoms with Gasteiger partial charge in [0.2, 0.25) is 5.91 Å². The number of amides is 1. The van der Waals surface area contributed by atoms with Crippen molar-refractivity contribution in [3.63, 3.8) is 0 Å². The zero-order chi connectivity index (χ0) is 16.2. The molecule has 2 atom stereocenters. The van der Waals surface area contributed by atoms with Crippen LogP contribution in [0.2, 0.25) is 0 Å². The molecule has 1 aliphatic carbocycles. The van der Waals surface area contributed by atoms with E-state index in [-0.39, 0.29) is 5.91 Å². The number of nitrogens with one attached hydrogen (secondary N) is 1. The third kappa shape index (κ3) is 4.25. The molecule has 23 heavy (non-hydrogen) atoms. The minimum Gasteiger partial charge on any atom is -0.382 e. The average molecular weight is 315 g/mol. The van der Waals surface area contributed by atoms with Gasteiger partial charge in [0, 0.05) is 51.4 Å². The molecule has 2 fully saturated rings. The average Bonchev–Trinajstić information content (AvgIpc) is 2.95. The largest absolute Gasteiger partial charge is 0.382 e. The molecule has 3 rings (SSSR count). The molecule has 1 heterocycles. The molecular weight excluding hydrogens is 286 g/mol. The van der Waals surface area contributed by atoms with Crippen LogP contribution in [0, 0.1) is 5.92 Å². The van der Waals surface area contributed by atoms with Crippen LogP contribution in [0.3, 0.4) is 0 Å². The molecule has 0 bridgehead atoms. The van der Waals surface area contributed by atoms with Gasteiger partial charge in [0.25, 0.3) is 0 Å². The molecule has 1 aromatic rings. The third-order valence-corrected chi connectivity index (χ3v) is 5.39. The second kappa shape index (κ2) is 7.35. The summed E-state index contributed by atoms with van der Waals surface area (Å²) in [6, 6.07) is 9.54. The fourth-order valence-electron chi connectivity index (χ4n) is 3.76. The summed E-state index contributed by atoms with van der Waals surface area (Å²) in [5, 5.41) is 3.68. The van der Waals surface area contributed by atoms with Crippen LogP contribution in [0.5, 0.6) is 0 Å². The molecule has 0 radical (unpaired) electrons. The van der Waals surface area contributed by atoms with Gasteiger partial charge in [-0.2, -0.15) is 0 Å². The fraction of sp³-hybridized carbons (Fsp3) is 0.632. The van der Waals surface area contributed by atoms with Gasteiger partial charge in [-0.05, 0) is 36.5 Å². The van der Waals surface area contributed by atoms with E-state index >= 15 is 0 Å². The minimum absolute atomic E-state index is 0.196. The molecule has 0 unspecified atom stereocenters. The molecule has 2 aliphatic rings. The van der Waals surface area contributed by atoms with Crippen LogP contribution < -0.4 is 5.32 Å². The highest BCUT2D eigenvalue weighted by atomic mass is 16.2. The SMILES string of the molecule is CC(=O)N1CCN(Cc2ccc(N[C@H]3CCC[C@@H]3C)cc2)CC1. The highest BCUT2D eigenvalue weighted by Crippen LogP contribution is 2.28. The molecular formula is C19H29N3O. The van der Waals surface area contributed by atoms with Crippen LogP contribution in [0.1, 0.15) is 38.7 Å². The monoisotopic (exact) mass is 315 g/mol. The maximum atomic E-state index is 11.4. The van der Waals surface area contributed by atoms with Gasteiger partial charge in [-0.1, -0.05) is 25.5 Å². The number of hydrogen-bond acceptors (Lipinski definition) is 3. The van der Waals surface area contributed by atoms with Gasteiger partial charge in [-0.15, -0.1) is 0 Å². The van der Waals surface area contributed by atoms with E-state index < -0.39 is 0 Å². The minimum atomic E-state index is 0.196. The summed E-state index contributed by atoms with van der Waals surface area (Å²) in [5.41, 5.74) is 2.60. The van der Waals surface area contributed by atoms with E-state index in [0.29, 0.717) is 6.04 Å². The summed E-state index contributed by atoms with van der Waals surface area (Å²) in [6.07, 6.45) is 3.99. The van der Waals surface area contributed by atoms with Crippen LogP contribution in [0.4, 0.5) is 5.69 Å². The Hall–Kier alpha value is -1.55. The highest BCUT2D eigenvalue weighted by molar-refractivity contribution is 5.73. The predicted molar refractivity (Wildman–Crippen MR) is 94.4 cm³/mol. The van der Waals surface area contributed by atoms with Gasteiger partial charge >= 0.3 is 0 Å². The maximum Gasteiger partial charge on any atom is 0.219 e. The molecule has 1 aliphatic heterocycles. The number of rotatable bonds is 4. The molecule has 1 saturated carbocycles. The van der Waals surface area contributed by atoms with Crippen molar-refractivity contribution in [1.82, 2.24) is 9.80 Å². The highest BCUT2D eigenvalue weighted by Gasteiger charge is 2.23. The zero-order valence-corrected chi connectivity index (χ0v) is 14.4. The Morgan fingerprint density at radius 1 is 1.13 bits per heavy atom. The standard InChI is InChI=1S/C19H29N3O/c1-15-4-3-5-19(15)20-18-8-6-17(7-9-18)14-21-10-12-22(13-11-21)16(2)23/h6-9,15,19-20H,3-5,10-14H2,1-2H3/t15-,19-/m0/s1. The van der Waals surface area contributed by atoms with Crippen LogP contribution >= 0.6 is 0 Å². The maximum absolute atomic E-state index is 11.4. The molecule has 0 spiro atoms. The van der Waals surface area contributed by atoms with Gasteiger partial charge < -0.3 is 10.2 Å². The summed E-state index contributed by atoms with van der Waals surface area (Å²) >= 11 is 0. The van der Waals surface area contributed by atoms with Crippen molar-refractivity contribution in [2.24, 2.45) is 5.92 Å². The fourth-order valence-corrected chi connectivity index (χ4v) is 3.76. The second-order valence-electron chi connectivity index (χ2n) is 7.14. The molecule has 0 aromatic heterocycles. The van der Waals surface area contributed by atoms with Gasteiger partial charge in [0.15, 0.2) is 0 Å². The molecule has 1 N–H and O–H groups in total. The first kappa shape index (κ1) is 16.3. The Bertz CT molecular complexity index is 520. The number of benzene rings is 1. The van der Waals surface area contributed by atoms with Crippen molar-refractivity contribution in [1.29, 1.82) is 0 Å². The van der Waals surface area contributed by atoms with E-state index in [2.05, 4.69) is 41.4 Å². The summed E-state index contributed by atoms with van der Waals surface area (Å²) in [7, 11) is 0. The third-order valence-electron chi connectivity index (χ3n) is 5.39. The summed E-state index contributed by atoms with van der Waals surface area (Å²) in [6.45, 7) is 8.64. The van der Waals surface area contributed by atoms with Crippen molar-refractivity contribution >= 4 is 11.6 Å². The Kier molecular flexibility index (Phi) is 5.21. The van der Waals surface area contributed by atoms with E-state index in [1.54, 1.807) is 6.92 Å². The van der Waals surface area contributed by atoms with Gasteiger partial charge in [-0.3, -0.25) is 9.69 Å². The summed E-state index contributed by atoms with van der Waals surface area (Å²) < 4.78 is 0. The summed E-state index contributed by atoms with van der Waals surface area (Å²) in [5.74, 6) is 0.980. The van der Waals surface area contributed by atoms with E-state index in [0.717, 1.165) is 38.6 Å². The van der Waals surface area contributed by atoms with Crippen LogP contribution in [0.15, 0.2) is 24.3 Å². The number of carbonyl (C=O) groups is 1. The van der Waals surface area contributed by atoms with Crippen LogP contribution in [-0.2, 0) is 11.3 Å². The van der Waals surface area contributed by atoms with E-state index in [9.17, 15) is 4.79 Å². The Balaban J connectivity index is 1.49. The molecule has 1 saturated heterocycles. The number of piperazine rings is 1. The number of nitrogens with zero attached hydrogens (tertiary/aromatic N) is 2. The number of anilines is 1. The van der Waals surface area contributed by atoms with Gasteiger partial charge in [0.05, 0.1) is 0 Å². The van der Waals surface area contributed by atoms with Crippen molar-refractivity contribution < 1.29 is 4.79 Å². The van der Waals surface area contributed by atoms with Gasteiger partial charge in [0.1, 0.15) is 0 Å². The van der Waals surface area contributed by atoms with Crippen molar-refractivity contribution in [2.75, 3.05) is 31.5 Å². The van der Waals surface area contributed by atoms with E-state index in [1.165, 1.54) is 30.5 Å². The van der Waals surface area contributed by atoms with Crippen LogP contribution in [0.25, 0.3) is 0 Å². The van der Waals surface area contributed by atoms with E-state index in [4.69, 9.17) is 0 Å². The molecule has 126 valence electrons. The molecule has 4 nitrogen and oxygen atoms in total.